The molecule has 0 aromatic heterocycles. The fourth-order valence-electron chi connectivity index (χ4n) is 2.85. The molecule has 0 atom stereocenters. The van der Waals surface area contributed by atoms with E-state index in [4.69, 9.17) is 5.73 Å². The Morgan fingerprint density at radius 1 is 0.944 bits per heavy atom. The molecule has 0 aliphatic rings. The van der Waals surface area contributed by atoms with Gasteiger partial charge in [-0.05, 0) is 27.5 Å². The van der Waals surface area contributed by atoms with Crippen LogP contribution in [0.5, 0.6) is 0 Å². The maximum atomic E-state index is 6.01. The zero-order chi connectivity index (χ0) is 13.1. The normalized spacial score (nSPS) is 10.9. The van der Waals surface area contributed by atoms with E-state index in [1.807, 2.05) is 6.07 Å². The fourth-order valence-corrected chi connectivity index (χ4v) is 2.85. The van der Waals surface area contributed by atoms with Crippen LogP contribution in [-0.2, 0) is 0 Å². The van der Waals surface area contributed by atoms with Gasteiger partial charge in [0.1, 0.15) is 0 Å². The minimum Gasteiger partial charge on any atom is -0.367 e. The number of benzene rings is 2. The average Bonchev–Trinajstić information content (AvgIpc) is 2.34. The fraction of sp³-hybridized carbons (Fsp3) is 0.250. The van der Waals surface area contributed by atoms with E-state index in [0.717, 1.165) is 0 Å². The molecule has 18 heavy (non-hydrogen) atoms. The Labute approximate surface area is 110 Å². The molecule has 0 saturated heterocycles. The van der Waals surface area contributed by atoms with Crippen molar-refractivity contribution < 1.29 is 0 Å². The van der Waals surface area contributed by atoms with Gasteiger partial charge in [0.15, 0.2) is 0 Å². The lowest BCUT2D eigenvalue weighted by Gasteiger charge is -2.31. The van der Waals surface area contributed by atoms with Gasteiger partial charge in [0.05, 0.1) is 0 Å². The summed E-state index contributed by atoms with van der Waals surface area (Å²) in [5, 5.41) is 0. The van der Waals surface area contributed by atoms with E-state index in [1.54, 1.807) is 0 Å². The first kappa shape index (κ1) is 12.9. The summed E-state index contributed by atoms with van der Waals surface area (Å²) in [6.45, 7) is 6.80. The van der Waals surface area contributed by atoms with Crippen molar-refractivity contribution in [2.45, 2.75) is 20.8 Å². The van der Waals surface area contributed by atoms with Crippen LogP contribution >= 0.6 is 0 Å². The van der Waals surface area contributed by atoms with Crippen LogP contribution in [0.2, 0.25) is 0 Å². The van der Waals surface area contributed by atoms with Gasteiger partial charge in [-0.25, -0.2) is 10.9 Å². The molecule has 2 N–H and O–H groups in total. The molecule has 93 valence electrons. The lowest BCUT2D eigenvalue weighted by atomic mass is 9.39. The first-order valence-corrected chi connectivity index (χ1v) is 6.46. The Hall–Kier alpha value is -1.54. The largest absolute Gasteiger partial charge is 0.367 e. The summed E-state index contributed by atoms with van der Waals surface area (Å²) in [6, 6.07) is 15.0. The number of nitrogens with two attached hydrogens (primary N) is 1. The average molecular weight is 237 g/mol. The molecule has 0 unspecified atom stereocenters. The highest BCUT2D eigenvalue weighted by Crippen LogP contribution is 2.07. The standard InChI is InChI=1S/C16H20BN/c1-12-9-13(2)16(14(3)10-12)17(11-18)15-7-5-4-6-8-15/h4-10H,11,18H2,1-3H3/q-1. The quantitative estimate of drug-likeness (QED) is 0.808. The van der Waals surface area contributed by atoms with Crippen LogP contribution in [-0.4, -0.2) is 13.2 Å². The Morgan fingerprint density at radius 3 is 2.00 bits per heavy atom. The van der Waals surface area contributed by atoms with Crippen LogP contribution in [0.4, 0.5) is 0 Å². The topological polar surface area (TPSA) is 26.0 Å². The monoisotopic (exact) mass is 237 g/mol. The summed E-state index contributed by atoms with van der Waals surface area (Å²) in [7, 11) is 0. The summed E-state index contributed by atoms with van der Waals surface area (Å²) in [6.07, 6.45) is 0.648. The SMILES string of the molecule is Cc1cc(C)c([B-](CN)c2ccccc2)c(C)c1. The predicted octanol–water partition coefficient (Wildman–Crippen LogP) is 1.72. The molecule has 0 saturated carbocycles. The Morgan fingerprint density at radius 2 is 1.50 bits per heavy atom. The molecule has 1 radical (unpaired) electrons. The molecule has 0 spiro atoms. The Kier molecular flexibility index (Phi) is 3.88. The van der Waals surface area contributed by atoms with Gasteiger partial charge >= 0.3 is 0 Å². The van der Waals surface area contributed by atoms with E-state index in [2.05, 4.69) is 57.2 Å². The summed E-state index contributed by atoms with van der Waals surface area (Å²) in [5.41, 5.74) is 12.7. The number of rotatable bonds is 3. The van der Waals surface area contributed by atoms with Crippen LogP contribution < -0.4 is 16.7 Å². The highest BCUT2D eigenvalue weighted by molar-refractivity contribution is 6.86. The van der Waals surface area contributed by atoms with Gasteiger partial charge in [0, 0.05) is 0 Å². The van der Waals surface area contributed by atoms with Crippen LogP contribution in [0.25, 0.3) is 0 Å². The molecule has 2 rings (SSSR count). The maximum Gasteiger partial charge on any atom is -0.0398 e. The summed E-state index contributed by atoms with van der Waals surface area (Å²) in [5.74, 6) is 0. The summed E-state index contributed by atoms with van der Waals surface area (Å²) < 4.78 is 0. The third-order valence-corrected chi connectivity index (χ3v) is 3.52. The van der Waals surface area contributed by atoms with Crippen molar-refractivity contribution in [3.8, 4) is 0 Å². The first-order valence-electron chi connectivity index (χ1n) is 6.46. The Bertz CT molecular complexity index is 511. The van der Waals surface area contributed by atoms with E-state index in [9.17, 15) is 0 Å². The second-order valence-electron chi connectivity index (χ2n) is 5.01. The van der Waals surface area contributed by atoms with Crippen molar-refractivity contribution in [2.75, 3.05) is 6.44 Å². The molecule has 0 aliphatic carbocycles. The van der Waals surface area contributed by atoms with E-state index in [-0.39, 0.29) is 0 Å². The molecule has 0 bridgehead atoms. The van der Waals surface area contributed by atoms with E-state index in [1.165, 1.54) is 27.6 Å². The van der Waals surface area contributed by atoms with Crippen molar-refractivity contribution >= 4 is 17.6 Å². The molecule has 2 aromatic rings. The molecule has 0 amide bonds. The highest BCUT2D eigenvalue weighted by Gasteiger charge is 2.07. The van der Waals surface area contributed by atoms with Crippen LogP contribution in [0, 0.1) is 20.8 Å². The van der Waals surface area contributed by atoms with E-state index in [0.29, 0.717) is 13.2 Å². The van der Waals surface area contributed by atoms with Crippen molar-refractivity contribution in [2.24, 2.45) is 5.73 Å². The lowest BCUT2D eigenvalue weighted by Crippen LogP contribution is -2.50. The zero-order valence-corrected chi connectivity index (χ0v) is 11.4. The van der Waals surface area contributed by atoms with Gasteiger partial charge in [-0.1, -0.05) is 47.0 Å². The molecule has 0 aliphatic heterocycles. The second kappa shape index (κ2) is 5.41. The molecule has 1 nitrogen and oxygen atoms in total. The van der Waals surface area contributed by atoms with Crippen LogP contribution in [0.3, 0.4) is 0 Å². The predicted molar refractivity (Wildman–Crippen MR) is 81.2 cm³/mol. The van der Waals surface area contributed by atoms with Crippen LogP contribution in [0.1, 0.15) is 16.7 Å². The first-order chi connectivity index (χ1) is 8.63. The molecular formula is C16H20BN-. The Balaban J connectivity index is 2.52. The molecule has 2 heteroatoms. The molecular weight excluding hydrogens is 217 g/mol. The third-order valence-electron chi connectivity index (χ3n) is 3.52. The number of hydrogen-bond donors (Lipinski definition) is 1. The van der Waals surface area contributed by atoms with Gasteiger partial charge in [-0.3, -0.25) is 0 Å². The van der Waals surface area contributed by atoms with Gasteiger partial charge in [0.25, 0.3) is 0 Å². The lowest BCUT2D eigenvalue weighted by molar-refractivity contribution is 1.31. The second-order valence-corrected chi connectivity index (χ2v) is 5.01. The zero-order valence-electron chi connectivity index (χ0n) is 11.4. The summed E-state index contributed by atoms with van der Waals surface area (Å²) in [4.78, 5) is 0. The third kappa shape index (κ3) is 2.49. The summed E-state index contributed by atoms with van der Waals surface area (Å²) >= 11 is 0. The molecule has 2 aromatic carbocycles. The highest BCUT2D eigenvalue weighted by atomic mass is 14.5. The van der Waals surface area contributed by atoms with Gasteiger partial charge < -0.3 is 5.73 Å². The van der Waals surface area contributed by atoms with Gasteiger partial charge in [-0.2, -0.15) is 6.44 Å². The minimum atomic E-state index is 0.298. The number of hydrogen-bond acceptors (Lipinski definition) is 1. The van der Waals surface area contributed by atoms with E-state index < -0.39 is 0 Å². The van der Waals surface area contributed by atoms with Crippen molar-refractivity contribution in [3.05, 3.63) is 59.2 Å². The molecule has 0 fully saturated rings. The van der Waals surface area contributed by atoms with Gasteiger partial charge in [-0.15, -0.1) is 12.1 Å². The van der Waals surface area contributed by atoms with E-state index >= 15 is 0 Å². The molecule has 0 heterocycles. The van der Waals surface area contributed by atoms with Crippen molar-refractivity contribution in [3.63, 3.8) is 0 Å². The van der Waals surface area contributed by atoms with Gasteiger partial charge in [0.2, 0.25) is 0 Å². The number of aryl methyl sites for hydroxylation is 3. The van der Waals surface area contributed by atoms with Crippen molar-refractivity contribution in [1.82, 2.24) is 0 Å². The van der Waals surface area contributed by atoms with Crippen molar-refractivity contribution in [1.29, 1.82) is 0 Å². The minimum absolute atomic E-state index is 0.298. The maximum absolute atomic E-state index is 6.01. The smallest absolute Gasteiger partial charge is 0.0398 e. The van der Waals surface area contributed by atoms with Crippen LogP contribution in [0.15, 0.2) is 42.5 Å².